The van der Waals surface area contributed by atoms with E-state index in [1.807, 2.05) is 49.4 Å². The first kappa shape index (κ1) is 17.3. The summed E-state index contributed by atoms with van der Waals surface area (Å²) in [4.78, 5) is 4.66. The molecule has 0 radical (unpaired) electrons. The average molecular weight is 400 g/mol. The summed E-state index contributed by atoms with van der Waals surface area (Å²) in [5.74, 6) is 1.31. The maximum atomic E-state index is 9.90. The van der Waals surface area contributed by atoms with Crippen LogP contribution in [0.2, 0.25) is 0 Å². The maximum absolute atomic E-state index is 9.90. The third-order valence-electron chi connectivity index (χ3n) is 3.74. The molecule has 0 bridgehead atoms. The topological polar surface area (TPSA) is 51.6 Å². The smallest absolute Gasteiger partial charge is 0.161 e. The van der Waals surface area contributed by atoms with E-state index in [1.54, 1.807) is 19.2 Å². The van der Waals surface area contributed by atoms with E-state index >= 15 is 0 Å². The Labute approximate surface area is 154 Å². The van der Waals surface area contributed by atoms with Crippen LogP contribution in [0.15, 0.2) is 46.9 Å². The third-order valence-corrected chi connectivity index (χ3v) is 4.42. The molecule has 3 aromatic rings. The van der Waals surface area contributed by atoms with E-state index < -0.39 is 0 Å². The first-order chi connectivity index (χ1) is 12.1. The van der Waals surface area contributed by atoms with E-state index in [4.69, 9.17) is 9.47 Å². The number of fused-ring (bicyclic) bond motifs is 1. The van der Waals surface area contributed by atoms with Crippen molar-refractivity contribution >= 4 is 39.0 Å². The largest absolute Gasteiger partial charge is 0.504 e. The highest BCUT2D eigenvalue weighted by atomic mass is 79.9. The van der Waals surface area contributed by atoms with E-state index in [2.05, 4.69) is 20.9 Å². The summed E-state index contributed by atoms with van der Waals surface area (Å²) in [6.07, 6.45) is 3.84. The molecule has 0 atom stereocenters. The Morgan fingerprint density at radius 2 is 1.96 bits per heavy atom. The van der Waals surface area contributed by atoms with Crippen molar-refractivity contribution < 1.29 is 14.6 Å². The van der Waals surface area contributed by atoms with Crippen molar-refractivity contribution in [2.24, 2.45) is 0 Å². The summed E-state index contributed by atoms with van der Waals surface area (Å²) in [5, 5.41) is 10.9. The second-order valence-corrected chi connectivity index (χ2v) is 6.23. The zero-order valence-corrected chi connectivity index (χ0v) is 15.6. The summed E-state index contributed by atoms with van der Waals surface area (Å²) < 4.78 is 11.6. The molecule has 128 valence electrons. The van der Waals surface area contributed by atoms with Crippen molar-refractivity contribution in [2.75, 3.05) is 13.7 Å². The van der Waals surface area contributed by atoms with Crippen LogP contribution in [-0.4, -0.2) is 23.8 Å². The highest BCUT2D eigenvalue weighted by Crippen LogP contribution is 2.33. The number of phenolic OH excluding ortho intramolecular Hbond substituents is 1. The molecule has 1 aromatic heterocycles. The fraction of sp³-hybridized carbons (Fsp3) is 0.150. The molecule has 2 aromatic carbocycles. The van der Waals surface area contributed by atoms with Crippen molar-refractivity contribution in [1.29, 1.82) is 0 Å². The second kappa shape index (κ2) is 7.57. The van der Waals surface area contributed by atoms with Gasteiger partial charge < -0.3 is 14.6 Å². The number of rotatable bonds is 5. The first-order valence-electron chi connectivity index (χ1n) is 7.89. The standard InChI is InChI=1S/C20H18BrNO3/c1-3-25-19-11-14(16(21)12-17(19)23)8-10-15-9-7-13-5-4-6-18(24-2)20(13)22-15/h4-12,23H,3H2,1-2H3. The number of aromatic hydroxyl groups is 1. The zero-order valence-electron chi connectivity index (χ0n) is 14.0. The van der Waals surface area contributed by atoms with Gasteiger partial charge in [0.15, 0.2) is 11.5 Å². The molecule has 0 saturated heterocycles. The van der Waals surface area contributed by atoms with Crippen molar-refractivity contribution in [3.05, 3.63) is 58.2 Å². The van der Waals surface area contributed by atoms with E-state index in [-0.39, 0.29) is 5.75 Å². The number of ether oxygens (including phenoxy) is 2. The molecule has 0 spiro atoms. The average Bonchev–Trinajstić information content (AvgIpc) is 2.62. The van der Waals surface area contributed by atoms with Crippen molar-refractivity contribution in [3.8, 4) is 17.2 Å². The second-order valence-electron chi connectivity index (χ2n) is 5.38. The SMILES string of the molecule is CCOc1cc(C=Cc2ccc3cccc(OC)c3n2)c(Br)cc1O. The van der Waals surface area contributed by atoms with Gasteiger partial charge in [0, 0.05) is 9.86 Å². The van der Waals surface area contributed by atoms with Crippen molar-refractivity contribution in [3.63, 3.8) is 0 Å². The predicted octanol–water partition coefficient (Wildman–Crippen LogP) is 5.28. The number of para-hydroxylation sites is 1. The van der Waals surface area contributed by atoms with Gasteiger partial charge in [0.2, 0.25) is 0 Å². The molecule has 0 amide bonds. The van der Waals surface area contributed by atoms with Crippen LogP contribution in [0, 0.1) is 0 Å². The number of benzene rings is 2. The number of methoxy groups -OCH3 is 1. The lowest BCUT2D eigenvalue weighted by Gasteiger charge is -2.08. The Bertz CT molecular complexity index is 938. The van der Waals surface area contributed by atoms with Crippen LogP contribution in [0.25, 0.3) is 23.1 Å². The molecule has 0 unspecified atom stereocenters. The monoisotopic (exact) mass is 399 g/mol. The van der Waals surface area contributed by atoms with Crippen LogP contribution >= 0.6 is 15.9 Å². The number of phenols is 1. The van der Waals surface area contributed by atoms with E-state index in [0.717, 1.165) is 32.4 Å². The van der Waals surface area contributed by atoms with Crippen molar-refractivity contribution in [2.45, 2.75) is 6.92 Å². The van der Waals surface area contributed by atoms with Gasteiger partial charge in [-0.3, -0.25) is 0 Å². The van der Waals surface area contributed by atoms with E-state index in [1.165, 1.54) is 0 Å². The van der Waals surface area contributed by atoms with Crippen LogP contribution in [0.5, 0.6) is 17.2 Å². The minimum atomic E-state index is 0.111. The quantitative estimate of drug-likeness (QED) is 0.633. The number of halogens is 1. The number of aromatic nitrogens is 1. The number of nitrogens with zero attached hydrogens (tertiary/aromatic N) is 1. The molecule has 1 N–H and O–H groups in total. The highest BCUT2D eigenvalue weighted by Gasteiger charge is 2.07. The van der Waals surface area contributed by atoms with Crippen LogP contribution in [0.3, 0.4) is 0 Å². The summed E-state index contributed by atoms with van der Waals surface area (Å²) in [5.41, 5.74) is 2.53. The summed E-state index contributed by atoms with van der Waals surface area (Å²) in [6.45, 7) is 2.37. The Morgan fingerprint density at radius 3 is 2.72 bits per heavy atom. The minimum Gasteiger partial charge on any atom is -0.504 e. The molecular formula is C20H18BrNO3. The summed E-state index contributed by atoms with van der Waals surface area (Å²) in [6, 6.07) is 13.2. The summed E-state index contributed by atoms with van der Waals surface area (Å²) in [7, 11) is 1.64. The molecule has 4 nitrogen and oxygen atoms in total. The molecule has 0 aliphatic carbocycles. The van der Waals surface area contributed by atoms with Crippen LogP contribution in [-0.2, 0) is 0 Å². The first-order valence-corrected chi connectivity index (χ1v) is 8.69. The molecule has 5 heteroatoms. The molecular weight excluding hydrogens is 382 g/mol. The minimum absolute atomic E-state index is 0.111. The molecule has 0 aliphatic rings. The lowest BCUT2D eigenvalue weighted by Crippen LogP contribution is -1.92. The number of hydrogen-bond acceptors (Lipinski definition) is 4. The van der Waals surface area contributed by atoms with Crippen molar-refractivity contribution in [1.82, 2.24) is 4.98 Å². The Balaban J connectivity index is 1.97. The molecule has 0 saturated carbocycles. The fourth-order valence-electron chi connectivity index (χ4n) is 2.53. The third kappa shape index (κ3) is 3.77. The van der Waals surface area contributed by atoms with Gasteiger partial charge in [0.05, 0.1) is 19.4 Å². The van der Waals surface area contributed by atoms with E-state index in [0.29, 0.717) is 12.4 Å². The summed E-state index contributed by atoms with van der Waals surface area (Å²) >= 11 is 3.46. The molecule has 0 fully saturated rings. The highest BCUT2D eigenvalue weighted by molar-refractivity contribution is 9.10. The molecule has 1 heterocycles. The molecule has 0 aliphatic heterocycles. The van der Waals surface area contributed by atoms with Gasteiger partial charge in [0.1, 0.15) is 11.3 Å². The molecule has 25 heavy (non-hydrogen) atoms. The fourth-order valence-corrected chi connectivity index (χ4v) is 2.99. The normalized spacial score (nSPS) is 11.2. The zero-order chi connectivity index (χ0) is 17.8. The predicted molar refractivity (Wildman–Crippen MR) is 104 cm³/mol. The van der Waals surface area contributed by atoms with Crippen LogP contribution in [0.4, 0.5) is 0 Å². The van der Waals surface area contributed by atoms with Crippen LogP contribution < -0.4 is 9.47 Å². The molecule has 3 rings (SSSR count). The maximum Gasteiger partial charge on any atom is 0.161 e. The van der Waals surface area contributed by atoms with Gasteiger partial charge >= 0.3 is 0 Å². The van der Waals surface area contributed by atoms with Gasteiger partial charge in [-0.2, -0.15) is 0 Å². The van der Waals surface area contributed by atoms with Crippen LogP contribution in [0.1, 0.15) is 18.2 Å². The number of pyridine rings is 1. The van der Waals surface area contributed by atoms with Gasteiger partial charge in [-0.1, -0.05) is 40.2 Å². The Kier molecular flexibility index (Phi) is 5.24. The number of hydrogen-bond donors (Lipinski definition) is 1. The van der Waals surface area contributed by atoms with E-state index in [9.17, 15) is 5.11 Å². The Morgan fingerprint density at radius 1 is 1.12 bits per heavy atom. The van der Waals surface area contributed by atoms with Gasteiger partial charge in [-0.15, -0.1) is 0 Å². The van der Waals surface area contributed by atoms with Gasteiger partial charge in [-0.05, 0) is 42.8 Å². The Hall–Kier alpha value is -2.53. The lowest BCUT2D eigenvalue weighted by molar-refractivity contribution is 0.318. The van der Waals surface area contributed by atoms with Gasteiger partial charge in [0.25, 0.3) is 0 Å². The lowest BCUT2D eigenvalue weighted by atomic mass is 10.1. The van der Waals surface area contributed by atoms with Gasteiger partial charge in [-0.25, -0.2) is 4.98 Å².